The van der Waals surface area contributed by atoms with Gasteiger partial charge < -0.3 is 16.0 Å². The summed E-state index contributed by atoms with van der Waals surface area (Å²) in [5.74, 6) is -1.16. The number of sulfonamides is 1. The zero-order chi connectivity index (χ0) is 29.6. The number of nitrogens with zero attached hydrogens (tertiary/aromatic N) is 1. The van der Waals surface area contributed by atoms with Crippen LogP contribution in [0.15, 0.2) is 78.9 Å². The number of carbonyl (C=O) groups is 3. The molecule has 0 saturated carbocycles. The molecule has 3 N–H and O–H groups in total. The third kappa shape index (κ3) is 7.80. The van der Waals surface area contributed by atoms with E-state index < -0.39 is 27.9 Å². The van der Waals surface area contributed by atoms with Gasteiger partial charge in [0.2, 0.25) is 10.0 Å². The molecular formula is C31H36N4O5S. The van der Waals surface area contributed by atoms with Crippen LogP contribution in [-0.2, 0) is 21.2 Å². The Kier molecular flexibility index (Phi) is 9.57. The molecule has 0 aliphatic carbocycles. The molecule has 0 spiro atoms. The number of nitrogens with one attached hydrogen (secondary N) is 3. The van der Waals surface area contributed by atoms with Crippen molar-refractivity contribution >= 4 is 33.3 Å². The van der Waals surface area contributed by atoms with Crippen LogP contribution in [0.1, 0.15) is 57.7 Å². The van der Waals surface area contributed by atoms with Gasteiger partial charge in [0, 0.05) is 18.2 Å². The molecule has 1 aliphatic heterocycles. The highest BCUT2D eigenvalue weighted by atomic mass is 32.2. The largest absolute Gasteiger partial charge is 0.346 e. The van der Waals surface area contributed by atoms with Crippen molar-refractivity contribution in [2.24, 2.45) is 0 Å². The van der Waals surface area contributed by atoms with Gasteiger partial charge in [-0.25, -0.2) is 8.42 Å². The SMILES string of the molecule is C[C@@H](NC(=O)c1cc(C(=O)NC(Cc2ccccc2)C(=O)C2CCCN2)cc(N(C)S(C)(=O)=O)c1)c1ccccc1. The first kappa shape index (κ1) is 30.0. The Morgan fingerprint density at radius 3 is 2.07 bits per heavy atom. The normalized spacial score (nSPS) is 16.4. The highest BCUT2D eigenvalue weighted by Gasteiger charge is 2.31. The molecule has 216 valence electrons. The molecule has 9 nitrogen and oxygen atoms in total. The summed E-state index contributed by atoms with van der Waals surface area (Å²) in [7, 11) is -2.33. The summed E-state index contributed by atoms with van der Waals surface area (Å²) in [5, 5.41) is 8.98. The van der Waals surface area contributed by atoms with E-state index in [9.17, 15) is 22.8 Å². The zero-order valence-electron chi connectivity index (χ0n) is 23.5. The summed E-state index contributed by atoms with van der Waals surface area (Å²) >= 11 is 0. The Hall–Kier alpha value is -4.02. The number of hydrogen-bond donors (Lipinski definition) is 3. The molecule has 3 atom stereocenters. The minimum Gasteiger partial charge on any atom is -0.346 e. The van der Waals surface area contributed by atoms with E-state index in [0.29, 0.717) is 12.8 Å². The highest BCUT2D eigenvalue weighted by molar-refractivity contribution is 7.92. The first-order valence-electron chi connectivity index (χ1n) is 13.6. The van der Waals surface area contributed by atoms with Crippen LogP contribution in [0, 0.1) is 0 Å². The van der Waals surface area contributed by atoms with Crippen molar-refractivity contribution in [3.63, 3.8) is 0 Å². The van der Waals surface area contributed by atoms with Crippen LogP contribution >= 0.6 is 0 Å². The summed E-state index contributed by atoms with van der Waals surface area (Å²) in [6, 6.07) is 21.6. The minimum absolute atomic E-state index is 0.0701. The Labute approximate surface area is 241 Å². The predicted octanol–water partition coefficient (Wildman–Crippen LogP) is 3.24. The van der Waals surface area contributed by atoms with E-state index >= 15 is 0 Å². The maximum atomic E-state index is 13.6. The molecule has 2 unspecified atom stereocenters. The van der Waals surface area contributed by atoms with Crippen LogP contribution in [-0.4, -0.2) is 57.9 Å². The summed E-state index contributed by atoms with van der Waals surface area (Å²) in [5.41, 5.74) is 2.13. The van der Waals surface area contributed by atoms with Crippen molar-refractivity contribution in [1.29, 1.82) is 0 Å². The van der Waals surface area contributed by atoms with E-state index in [1.54, 1.807) is 0 Å². The number of carbonyl (C=O) groups excluding carboxylic acids is 3. The summed E-state index contributed by atoms with van der Waals surface area (Å²) < 4.78 is 25.7. The van der Waals surface area contributed by atoms with Crippen LogP contribution in [0.4, 0.5) is 5.69 Å². The van der Waals surface area contributed by atoms with Crippen LogP contribution in [0.25, 0.3) is 0 Å². The number of Topliss-reactive ketones (excluding diaryl/α,β-unsaturated/α-hetero) is 1. The number of benzene rings is 3. The fourth-order valence-corrected chi connectivity index (χ4v) is 5.32. The Bertz CT molecular complexity index is 1490. The van der Waals surface area contributed by atoms with Gasteiger partial charge >= 0.3 is 0 Å². The molecule has 0 radical (unpaired) electrons. The summed E-state index contributed by atoms with van der Waals surface area (Å²) in [6.07, 6.45) is 2.91. The van der Waals surface area contributed by atoms with E-state index in [1.807, 2.05) is 67.6 Å². The lowest BCUT2D eigenvalue weighted by Crippen LogP contribution is -2.49. The van der Waals surface area contributed by atoms with Gasteiger partial charge in [0.15, 0.2) is 5.78 Å². The minimum atomic E-state index is -3.69. The van der Waals surface area contributed by atoms with Gasteiger partial charge in [-0.05, 0) is 62.1 Å². The zero-order valence-corrected chi connectivity index (χ0v) is 24.3. The lowest BCUT2D eigenvalue weighted by Gasteiger charge is -2.23. The average Bonchev–Trinajstić information content (AvgIpc) is 3.51. The lowest BCUT2D eigenvalue weighted by atomic mass is 9.96. The highest BCUT2D eigenvalue weighted by Crippen LogP contribution is 2.22. The van der Waals surface area contributed by atoms with Crippen LogP contribution in [0.3, 0.4) is 0 Å². The van der Waals surface area contributed by atoms with Gasteiger partial charge in [0.1, 0.15) is 0 Å². The fraction of sp³-hybridized carbons (Fsp3) is 0.323. The molecule has 1 saturated heterocycles. The first-order valence-corrected chi connectivity index (χ1v) is 15.4. The average molecular weight is 577 g/mol. The van der Waals surface area contributed by atoms with Crippen LogP contribution in [0.5, 0.6) is 0 Å². The quantitative estimate of drug-likeness (QED) is 0.322. The molecule has 4 rings (SSSR count). The maximum absolute atomic E-state index is 13.6. The van der Waals surface area contributed by atoms with E-state index in [4.69, 9.17) is 0 Å². The number of ketones is 1. The van der Waals surface area contributed by atoms with E-state index in [2.05, 4.69) is 16.0 Å². The van der Waals surface area contributed by atoms with Crippen molar-refractivity contribution in [2.45, 2.75) is 44.3 Å². The first-order chi connectivity index (χ1) is 19.5. The molecular weight excluding hydrogens is 540 g/mol. The Morgan fingerprint density at radius 1 is 0.927 bits per heavy atom. The molecule has 3 aromatic carbocycles. The fourth-order valence-electron chi connectivity index (χ4n) is 4.84. The van der Waals surface area contributed by atoms with Crippen molar-refractivity contribution in [3.8, 4) is 0 Å². The van der Waals surface area contributed by atoms with Gasteiger partial charge in [-0.15, -0.1) is 0 Å². The van der Waals surface area contributed by atoms with Gasteiger partial charge in [-0.2, -0.15) is 0 Å². The number of anilines is 1. The van der Waals surface area contributed by atoms with Gasteiger partial charge in [0.25, 0.3) is 11.8 Å². The van der Waals surface area contributed by atoms with Crippen molar-refractivity contribution in [3.05, 3.63) is 101 Å². The number of hydrogen-bond acceptors (Lipinski definition) is 6. The lowest BCUT2D eigenvalue weighted by molar-refractivity contribution is -0.122. The smallest absolute Gasteiger partial charge is 0.251 e. The summed E-state index contributed by atoms with van der Waals surface area (Å²) in [4.78, 5) is 40.3. The molecule has 3 aromatic rings. The topological polar surface area (TPSA) is 125 Å². The third-order valence-electron chi connectivity index (χ3n) is 7.29. The molecule has 1 heterocycles. The van der Waals surface area contributed by atoms with E-state index in [-0.39, 0.29) is 34.7 Å². The molecule has 1 fully saturated rings. The molecule has 41 heavy (non-hydrogen) atoms. The van der Waals surface area contributed by atoms with Gasteiger partial charge in [-0.1, -0.05) is 60.7 Å². The molecule has 2 amide bonds. The molecule has 0 aromatic heterocycles. The second-order valence-electron chi connectivity index (χ2n) is 10.4. The van der Waals surface area contributed by atoms with Crippen molar-refractivity contribution in [2.75, 3.05) is 24.2 Å². The summed E-state index contributed by atoms with van der Waals surface area (Å²) in [6.45, 7) is 2.58. The monoisotopic (exact) mass is 576 g/mol. The standard InChI is InChI=1S/C31H36N4O5S/c1-21(23-13-8-5-9-14-23)33-30(37)24-18-25(20-26(19-24)35(2)41(3,39)40)31(38)34-28(17-22-11-6-4-7-12-22)29(36)27-15-10-16-32-27/h4-9,11-14,18-21,27-28,32H,10,15-17H2,1-3H3,(H,33,37)(H,34,38)/t21-,27?,28?/m1/s1. The Morgan fingerprint density at radius 2 is 1.51 bits per heavy atom. The third-order valence-corrected chi connectivity index (χ3v) is 8.49. The van der Waals surface area contributed by atoms with Crippen molar-refractivity contribution < 1.29 is 22.8 Å². The number of rotatable bonds is 11. The van der Waals surface area contributed by atoms with E-state index in [0.717, 1.165) is 34.7 Å². The second-order valence-corrected chi connectivity index (χ2v) is 12.4. The van der Waals surface area contributed by atoms with Crippen LogP contribution < -0.4 is 20.3 Å². The van der Waals surface area contributed by atoms with Crippen molar-refractivity contribution in [1.82, 2.24) is 16.0 Å². The molecule has 10 heteroatoms. The predicted molar refractivity (Wildman–Crippen MR) is 159 cm³/mol. The Balaban J connectivity index is 1.64. The van der Waals surface area contributed by atoms with Gasteiger partial charge in [-0.3, -0.25) is 18.7 Å². The molecule has 0 bridgehead atoms. The maximum Gasteiger partial charge on any atom is 0.251 e. The second kappa shape index (κ2) is 13.1. The van der Waals surface area contributed by atoms with Crippen LogP contribution in [0.2, 0.25) is 0 Å². The van der Waals surface area contributed by atoms with E-state index in [1.165, 1.54) is 25.2 Å². The molecule has 1 aliphatic rings. The van der Waals surface area contributed by atoms with Gasteiger partial charge in [0.05, 0.1) is 30.1 Å². The number of amides is 2.